The second kappa shape index (κ2) is 5.49. The Morgan fingerprint density at radius 2 is 1.83 bits per heavy atom. The van der Waals surface area contributed by atoms with E-state index in [1.54, 1.807) is 6.92 Å². The van der Waals surface area contributed by atoms with Crippen LogP contribution in [0, 0.1) is 34.5 Å². The van der Waals surface area contributed by atoms with Crippen molar-refractivity contribution in [3.63, 3.8) is 0 Å². The molecule has 130 valence electrons. The van der Waals surface area contributed by atoms with Crippen molar-refractivity contribution in [1.82, 2.24) is 0 Å². The topological polar surface area (TPSA) is 26.3 Å². The van der Waals surface area contributed by atoms with Gasteiger partial charge in [-0.05, 0) is 85.9 Å². The number of carbonyl (C=O) groups excluding carboxylic acids is 1. The maximum atomic E-state index is 11.4. The summed E-state index contributed by atoms with van der Waals surface area (Å²) in [6.07, 6.45) is 14.0. The zero-order valence-electron chi connectivity index (χ0n) is 15.3. The van der Waals surface area contributed by atoms with Gasteiger partial charge in [0.1, 0.15) is 6.10 Å². The van der Waals surface area contributed by atoms with Gasteiger partial charge >= 0.3 is 5.97 Å². The van der Waals surface area contributed by atoms with Gasteiger partial charge in [-0.2, -0.15) is 0 Å². The number of hydrogen-bond donors (Lipinski definition) is 0. The minimum absolute atomic E-state index is 0.0863. The molecule has 7 atom stereocenters. The Balaban J connectivity index is 1.57. The molecule has 0 aromatic heterocycles. The summed E-state index contributed by atoms with van der Waals surface area (Å²) in [6, 6.07) is 0. The number of fused-ring (bicyclic) bond motifs is 5. The highest BCUT2D eigenvalue weighted by Gasteiger charge is 2.59. The van der Waals surface area contributed by atoms with E-state index in [2.05, 4.69) is 13.8 Å². The summed E-state index contributed by atoms with van der Waals surface area (Å²) in [6.45, 7) is 6.70. The summed E-state index contributed by atoms with van der Waals surface area (Å²) in [5.74, 6) is 3.54. The Kier molecular flexibility index (Phi) is 3.81. The number of esters is 1. The van der Waals surface area contributed by atoms with Crippen molar-refractivity contribution in [2.24, 2.45) is 34.5 Å². The minimum Gasteiger partial charge on any atom is -0.463 e. The molecule has 0 bridgehead atoms. The molecule has 0 spiro atoms. The van der Waals surface area contributed by atoms with Crippen LogP contribution in [0.1, 0.15) is 85.0 Å². The Morgan fingerprint density at radius 3 is 2.61 bits per heavy atom. The molecule has 0 heterocycles. The van der Waals surface area contributed by atoms with Crippen molar-refractivity contribution in [3.8, 4) is 0 Å². The van der Waals surface area contributed by atoms with Gasteiger partial charge in [-0.25, -0.2) is 0 Å². The first-order valence-corrected chi connectivity index (χ1v) is 10.1. The summed E-state index contributed by atoms with van der Waals surface area (Å²) in [5.41, 5.74) is 1.04. The third-order valence-corrected chi connectivity index (χ3v) is 8.64. The third kappa shape index (κ3) is 2.46. The number of rotatable bonds is 1. The van der Waals surface area contributed by atoms with Crippen LogP contribution in [0.5, 0.6) is 0 Å². The lowest BCUT2D eigenvalue weighted by atomic mass is 9.45. The molecule has 0 aliphatic heterocycles. The average Bonchev–Trinajstić information content (AvgIpc) is 2.81. The van der Waals surface area contributed by atoms with Crippen molar-refractivity contribution in [2.75, 3.05) is 0 Å². The lowest BCUT2D eigenvalue weighted by molar-refractivity contribution is -0.146. The smallest absolute Gasteiger partial charge is 0.302 e. The molecule has 0 saturated heterocycles. The van der Waals surface area contributed by atoms with Crippen LogP contribution in [-0.4, -0.2) is 12.1 Å². The first-order chi connectivity index (χ1) is 10.9. The largest absolute Gasteiger partial charge is 0.463 e. The van der Waals surface area contributed by atoms with Crippen LogP contribution in [0.3, 0.4) is 0 Å². The highest BCUT2D eigenvalue weighted by atomic mass is 16.5. The van der Waals surface area contributed by atoms with Crippen LogP contribution < -0.4 is 0 Å². The highest BCUT2D eigenvalue weighted by molar-refractivity contribution is 5.66. The molecule has 4 fully saturated rings. The van der Waals surface area contributed by atoms with Gasteiger partial charge in [0.2, 0.25) is 0 Å². The number of carbonyl (C=O) groups is 1. The molecule has 4 aliphatic carbocycles. The molecule has 4 rings (SSSR count). The first kappa shape index (κ1) is 16.0. The molecule has 0 unspecified atom stereocenters. The van der Waals surface area contributed by atoms with E-state index in [1.807, 2.05) is 0 Å². The summed E-state index contributed by atoms with van der Waals surface area (Å²) in [7, 11) is 0. The van der Waals surface area contributed by atoms with E-state index in [9.17, 15) is 4.79 Å². The predicted octanol–water partition coefficient (Wildman–Crippen LogP) is 5.35. The molecule has 4 saturated carbocycles. The van der Waals surface area contributed by atoms with Gasteiger partial charge in [0.15, 0.2) is 0 Å². The van der Waals surface area contributed by atoms with E-state index < -0.39 is 0 Å². The van der Waals surface area contributed by atoms with E-state index in [0.29, 0.717) is 10.8 Å². The molecule has 0 radical (unpaired) electrons. The van der Waals surface area contributed by atoms with Crippen molar-refractivity contribution >= 4 is 5.97 Å². The lowest BCUT2D eigenvalue weighted by Crippen LogP contribution is -2.51. The monoisotopic (exact) mass is 318 g/mol. The fraction of sp³-hybridized carbons (Fsp3) is 0.952. The van der Waals surface area contributed by atoms with Gasteiger partial charge in [0, 0.05) is 6.92 Å². The fourth-order valence-corrected chi connectivity index (χ4v) is 7.61. The maximum Gasteiger partial charge on any atom is 0.302 e. The maximum absolute atomic E-state index is 11.4. The second-order valence-electron chi connectivity index (χ2n) is 9.77. The van der Waals surface area contributed by atoms with Gasteiger partial charge in [-0.1, -0.05) is 26.7 Å². The standard InChI is InChI=1S/C21H34O2/c1-14(22)23-16-12-19-17-8-7-15-6-4-5-10-21(15,3)18(17)9-11-20(19,2)13-16/h15-19H,4-13H2,1-3H3/t15-,16-,17+,18+,19+,20+,21-/m0/s1. The molecule has 2 nitrogen and oxygen atoms in total. The van der Waals surface area contributed by atoms with E-state index >= 15 is 0 Å². The normalized spacial score (nSPS) is 52.2. The molecule has 4 aliphatic rings. The second-order valence-corrected chi connectivity index (χ2v) is 9.77. The van der Waals surface area contributed by atoms with Crippen molar-refractivity contribution in [2.45, 2.75) is 91.1 Å². The summed E-state index contributed by atoms with van der Waals surface area (Å²) >= 11 is 0. The molecule has 2 heteroatoms. The van der Waals surface area contributed by atoms with Crippen molar-refractivity contribution < 1.29 is 9.53 Å². The zero-order chi connectivity index (χ0) is 16.2. The van der Waals surface area contributed by atoms with E-state index in [-0.39, 0.29) is 12.1 Å². The Morgan fingerprint density at radius 1 is 1.00 bits per heavy atom. The Bertz CT molecular complexity index is 486. The lowest BCUT2D eigenvalue weighted by Gasteiger charge is -2.59. The summed E-state index contributed by atoms with van der Waals surface area (Å²) in [5, 5.41) is 0. The molecular formula is C21H34O2. The SMILES string of the molecule is CC(=O)O[C@H]1C[C@@H]2[C@@H]3CC[C@@H]4CCCC[C@]4(C)[C@@H]3CC[C@]2(C)C1. The minimum atomic E-state index is -0.0863. The van der Waals surface area contributed by atoms with Gasteiger partial charge in [0.25, 0.3) is 0 Å². The zero-order valence-corrected chi connectivity index (χ0v) is 15.3. The van der Waals surface area contributed by atoms with Crippen LogP contribution in [-0.2, 0) is 9.53 Å². The fourth-order valence-electron chi connectivity index (χ4n) is 7.61. The molecular weight excluding hydrogens is 284 g/mol. The third-order valence-electron chi connectivity index (χ3n) is 8.64. The van der Waals surface area contributed by atoms with Crippen molar-refractivity contribution in [1.29, 1.82) is 0 Å². The van der Waals surface area contributed by atoms with Crippen LogP contribution in [0.25, 0.3) is 0 Å². The van der Waals surface area contributed by atoms with Gasteiger partial charge in [-0.15, -0.1) is 0 Å². The van der Waals surface area contributed by atoms with Gasteiger partial charge in [0.05, 0.1) is 0 Å². The Hall–Kier alpha value is -0.530. The number of ether oxygens (including phenoxy) is 1. The summed E-state index contributed by atoms with van der Waals surface area (Å²) < 4.78 is 5.64. The predicted molar refractivity (Wildman–Crippen MR) is 91.9 cm³/mol. The number of hydrogen-bond acceptors (Lipinski definition) is 2. The van der Waals surface area contributed by atoms with E-state index in [4.69, 9.17) is 4.74 Å². The van der Waals surface area contributed by atoms with Crippen LogP contribution in [0.2, 0.25) is 0 Å². The average molecular weight is 319 g/mol. The van der Waals surface area contributed by atoms with E-state index in [1.165, 1.54) is 51.4 Å². The van der Waals surface area contributed by atoms with Crippen LogP contribution >= 0.6 is 0 Å². The Labute approximate surface area is 141 Å². The van der Waals surface area contributed by atoms with Crippen LogP contribution in [0.15, 0.2) is 0 Å². The molecule has 0 aromatic carbocycles. The quantitative estimate of drug-likeness (QED) is 0.609. The van der Waals surface area contributed by atoms with Gasteiger partial charge < -0.3 is 4.74 Å². The molecule has 23 heavy (non-hydrogen) atoms. The molecule has 0 amide bonds. The first-order valence-electron chi connectivity index (χ1n) is 10.1. The van der Waals surface area contributed by atoms with Gasteiger partial charge in [-0.3, -0.25) is 4.79 Å². The summed E-state index contributed by atoms with van der Waals surface area (Å²) in [4.78, 5) is 11.4. The van der Waals surface area contributed by atoms with Crippen molar-refractivity contribution in [3.05, 3.63) is 0 Å². The van der Waals surface area contributed by atoms with Crippen LogP contribution in [0.4, 0.5) is 0 Å². The highest BCUT2D eigenvalue weighted by Crippen LogP contribution is 2.66. The molecule has 0 aromatic rings. The van der Waals surface area contributed by atoms with E-state index in [0.717, 1.165) is 36.5 Å². The molecule has 0 N–H and O–H groups in total.